The minimum atomic E-state index is -1.61. The summed E-state index contributed by atoms with van der Waals surface area (Å²) < 4.78 is 11.2. The van der Waals surface area contributed by atoms with Crippen molar-refractivity contribution < 1.29 is 9.47 Å². The first kappa shape index (κ1) is 33.3. The molecule has 0 aliphatic carbocycles. The van der Waals surface area contributed by atoms with Crippen molar-refractivity contribution in [1.82, 2.24) is 0 Å². The summed E-state index contributed by atoms with van der Waals surface area (Å²) >= 11 is 14.6. The molecular weight excluding hydrogens is 687 g/mol. The highest BCUT2D eigenvalue weighted by molar-refractivity contribution is 6.56. The smallest absolute Gasteiger partial charge is 0.227 e. The van der Waals surface area contributed by atoms with Gasteiger partial charge in [-0.25, -0.2) is 20.0 Å². The molecule has 2 aliphatic rings. The van der Waals surface area contributed by atoms with Gasteiger partial charge in [-0.2, -0.15) is 0 Å². The van der Waals surface area contributed by atoms with Crippen molar-refractivity contribution in [2.24, 2.45) is 20.0 Å². The molecule has 52 heavy (non-hydrogen) atoms. The first-order valence-corrected chi connectivity index (χ1v) is 17.5. The van der Waals surface area contributed by atoms with Gasteiger partial charge in [0.1, 0.15) is 11.5 Å². The average molecular weight is 720 g/mol. The third kappa shape index (κ3) is 5.61. The Morgan fingerprint density at radius 3 is 0.885 bits per heavy atom. The molecule has 254 valence electrons. The van der Waals surface area contributed by atoms with E-state index in [1.807, 2.05) is 146 Å². The van der Waals surface area contributed by atoms with Crippen LogP contribution >= 0.6 is 23.2 Å². The Labute approximate surface area is 312 Å². The molecule has 2 heterocycles. The molecule has 0 spiro atoms. The molecule has 0 bridgehead atoms. The summed E-state index contributed by atoms with van der Waals surface area (Å²) in [5, 5.41) is 0.773. The highest BCUT2D eigenvalue weighted by Crippen LogP contribution is 2.57. The summed E-state index contributed by atoms with van der Waals surface area (Å²) in [5.74, 6) is 1.18. The van der Waals surface area contributed by atoms with E-state index in [-0.39, 0.29) is 0 Å². The van der Waals surface area contributed by atoms with Gasteiger partial charge < -0.3 is 9.47 Å². The number of halogens is 2. The molecule has 0 unspecified atom stereocenters. The van der Waals surface area contributed by atoms with Crippen LogP contribution in [-0.2, 0) is 11.3 Å². The Morgan fingerprint density at radius 1 is 0.385 bits per heavy atom. The maximum Gasteiger partial charge on any atom is 0.227 e. The van der Waals surface area contributed by atoms with Gasteiger partial charge in [0.05, 0.1) is 47.1 Å². The fourth-order valence-electron chi connectivity index (χ4n) is 6.84. The quantitative estimate of drug-likeness (QED) is 0.149. The van der Waals surface area contributed by atoms with Gasteiger partial charge in [-0.3, -0.25) is 0 Å². The van der Waals surface area contributed by atoms with E-state index in [1.54, 1.807) is 26.4 Å². The van der Waals surface area contributed by atoms with Crippen molar-refractivity contribution in [2.75, 3.05) is 14.2 Å². The second kappa shape index (κ2) is 13.7. The van der Waals surface area contributed by atoms with Crippen LogP contribution in [0.25, 0.3) is 0 Å². The normalized spacial score (nSPS) is 15.7. The maximum atomic E-state index is 7.32. The van der Waals surface area contributed by atoms with Crippen LogP contribution in [0.3, 0.4) is 0 Å². The maximum absolute atomic E-state index is 7.32. The lowest BCUT2D eigenvalue weighted by Gasteiger charge is -2.39. The zero-order valence-electron chi connectivity index (χ0n) is 28.4. The van der Waals surface area contributed by atoms with Crippen molar-refractivity contribution in [2.45, 2.75) is 11.3 Å². The van der Waals surface area contributed by atoms with E-state index in [1.165, 1.54) is 0 Å². The fourth-order valence-corrected chi connectivity index (χ4v) is 7.44. The van der Waals surface area contributed by atoms with Crippen LogP contribution in [0.15, 0.2) is 178 Å². The van der Waals surface area contributed by atoms with Gasteiger partial charge in [0.2, 0.25) is 11.3 Å². The number of hydrogen-bond donors (Lipinski definition) is 0. The molecule has 0 fully saturated rings. The van der Waals surface area contributed by atoms with Crippen LogP contribution in [0.4, 0.5) is 0 Å². The number of ether oxygens (including phenoxy) is 2. The molecule has 6 nitrogen and oxygen atoms in total. The molecule has 2 aliphatic heterocycles. The van der Waals surface area contributed by atoms with Gasteiger partial charge in [0.15, 0.2) is 0 Å². The number of benzene rings is 6. The van der Waals surface area contributed by atoms with Gasteiger partial charge in [0, 0.05) is 33.4 Å². The van der Waals surface area contributed by atoms with Gasteiger partial charge in [-0.05, 0) is 36.4 Å². The highest BCUT2D eigenvalue weighted by Gasteiger charge is 2.62. The van der Waals surface area contributed by atoms with Crippen molar-refractivity contribution in [3.63, 3.8) is 0 Å². The predicted molar refractivity (Wildman–Crippen MR) is 211 cm³/mol. The van der Waals surface area contributed by atoms with E-state index in [4.69, 9.17) is 52.6 Å². The summed E-state index contributed by atoms with van der Waals surface area (Å²) in [5.41, 5.74) is 4.13. The molecule has 6 aromatic rings. The summed E-state index contributed by atoms with van der Waals surface area (Å²) in [7, 11) is 3.22. The van der Waals surface area contributed by atoms with E-state index in [0.29, 0.717) is 55.5 Å². The topological polar surface area (TPSA) is 67.9 Å². The zero-order chi connectivity index (χ0) is 35.7. The molecule has 0 saturated heterocycles. The largest absolute Gasteiger partial charge is 0.497 e. The lowest BCUT2D eigenvalue weighted by atomic mass is 9.81. The van der Waals surface area contributed by atoms with E-state index >= 15 is 0 Å². The Kier molecular flexibility index (Phi) is 8.79. The molecule has 0 radical (unpaired) electrons. The summed E-state index contributed by atoms with van der Waals surface area (Å²) in [6, 6.07) is 51.1. The van der Waals surface area contributed by atoms with Crippen molar-refractivity contribution in [3.05, 3.63) is 201 Å². The van der Waals surface area contributed by atoms with E-state index in [9.17, 15) is 0 Å². The van der Waals surface area contributed by atoms with E-state index in [2.05, 4.69) is 0 Å². The second-order valence-electron chi connectivity index (χ2n) is 12.3. The van der Waals surface area contributed by atoms with Crippen molar-refractivity contribution in [3.8, 4) is 11.5 Å². The second-order valence-corrected chi connectivity index (χ2v) is 13.2. The molecule has 0 N–H and O–H groups in total. The molecule has 8 rings (SSSR count). The van der Waals surface area contributed by atoms with E-state index in [0.717, 1.165) is 22.3 Å². The molecule has 0 atom stereocenters. The van der Waals surface area contributed by atoms with Gasteiger partial charge >= 0.3 is 0 Å². The van der Waals surface area contributed by atoms with Crippen molar-refractivity contribution >= 4 is 46.0 Å². The number of aliphatic imine (C=N–C) groups is 4. The lowest BCUT2D eigenvalue weighted by Crippen LogP contribution is -2.43. The average Bonchev–Trinajstić information content (AvgIpc) is 3.82. The third-order valence-electron chi connectivity index (χ3n) is 9.32. The Hall–Kier alpha value is -5.82. The van der Waals surface area contributed by atoms with Crippen LogP contribution in [0.5, 0.6) is 11.5 Å². The van der Waals surface area contributed by atoms with Crippen LogP contribution in [-0.4, -0.2) is 37.1 Å². The van der Waals surface area contributed by atoms with Crippen LogP contribution in [0.2, 0.25) is 10.0 Å². The lowest BCUT2D eigenvalue weighted by molar-refractivity contribution is 0.256. The van der Waals surface area contributed by atoms with Gasteiger partial charge in [-0.15, -0.1) is 0 Å². The minimum absolute atomic E-state index is 0.386. The summed E-state index contributed by atoms with van der Waals surface area (Å²) in [6.07, 6.45) is 0. The van der Waals surface area contributed by atoms with Crippen LogP contribution < -0.4 is 9.47 Å². The summed E-state index contributed by atoms with van der Waals surface area (Å²) in [4.78, 5) is 22.8. The Bertz CT molecular complexity index is 2110. The molecule has 8 heteroatoms. The van der Waals surface area contributed by atoms with Crippen LogP contribution in [0.1, 0.15) is 33.4 Å². The predicted octanol–water partition coefficient (Wildman–Crippen LogP) is 10.0. The first-order valence-electron chi connectivity index (χ1n) is 16.8. The third-order valence-corrected chi connectivity index (χ3v) is 9.95. The molecule has 0 aromatic heterocycles. The Morgan fingerprint density at radius 2 is 0.654 bits per heavy atom. The molecular formula is C44H32Cl2N4O2. The standard InChI is InChI=1S/C44H32Cl2N4O2/c1-51-33-23-25-35(37(45)27-33)43(47-39(29-15-7-3-8-16-29)40(48-43)30-17-9-4-10-18-30)44(36-26-24-34(52-2)28-38(36)46)49-41(31-19-11-5-12-20-31)42(50-44)32-21-13-6-14-22-32/h3-28H,1-2H3. The first-order chi connectivity index (χ1) is 25.5. The molecule has 0 amide bonds. The molecule has 0 saturated carbocycles. The van der Waals surface area contributed by atoms with Crippen molar-refractivity contribution in [1.29, 1.82) is 0 Å². The number of methoxy groups -OCH3 is 2. The van der Waals surface area contributed by atoms with E-state index < -0.39 is 11.3 Å². The molecule has 6 aromatic carbocycles. The fraction of sp³-hybridized carbons (Fsp3) is 0.0909. The van der Waals surface area contributed by atoms with Gasteiger partial charge in [-0.1, -0.05) is 145 Å². The highest BCUT2D eigenvalue weighted by atomic mass is 35.5. The zero-order valence-corrected chi connectivity index (χ0v) is 29.9. The number of nitrogens with zero attached hydrogens (tertiary/aromatic N) is 4. The number of hydrogen-bond acceptors (Lipinski definition) is 6. The Balaban J connectivity index is 1.56. The van der Waals surface area contributed by atoms with Crippen LogP contribution in [0, 0.1) is 0 Å². The SMILES string of the molecule is COc1ccc(C2(C3(c4ccc(OC)cc4Cl)N=C(c4ccccc4)C(c4ccccc4)=N3)N=C(c3ccccc3)C(c3ccccc3)=N2)c(Cl)c1. The minimum Gasteiger partial charge on any atom is -0.497 e. The van der Waals surface area contributed by atoms with Gasteiger partial charge in [0.25, 0.3) is 0 Å². The summed E-state index contributed by atoms with van der Waals surface area (Å²) in [6.45, 7) is 0. The number of rotatable bonds is 9. The monoisotopic (exact) mass is 718 g/mol.